The molecule has 0 fully saturated rings. The smallest absolute Gasteiger partial charge is 0.196 e. The van der Waals surface area contributed by atoms with Gasteiger partial charge in [-0.3, -0.25) is 4.79 Å². The summed E-state index contributed by atoms with van der Waals surface area (Å²) in [6.07, 6.45) is 1.92. The predicted molar refractivity (Wildman–Crippen MR) is 90.0 cm³/mol. The second-order valence-electron chi connectivity index (χ2n) is 5.49. The third kappa shape index (κ3) is 2.42. The first-order chi connectivity index (χ1) is 9.97. The first-order valence-electron chi connectivity index (χ1n) is 6.84. The summed E-state index contributed by atoms with van der Waals surface area (Å²) in [7, 11) is 1.97. The van der Waals surface area contributed by atoms with Gasteiger partial charge in [0.1, 0.15) is 0 Å². The molecule has 0 saturated heterocycles. The van der Waals surface area contributed by atoms with Crippen LogP contribution in [0.3, 0.4) is 0 Å². The molecule has 0 amide bonds. The van der Waals surface area contributed by atoms with Crippen LogP contribution in [0.5, 0.6) is 0 Å². The molecule has 3 heteroatoms. The second kappa shape index (κ2) is 5.15. The minimum atomic E-state index is 0.0522. The number of benzene rings is 2. The summed E-state index contributed by atoms with van der Waals surface area (Å²) >= 11 is 3.50. The fourth-order valence-electron chi connectivity index (χ4n) is 2.62. The van der Waals surface area contributed by atoms with Crippen LogP contribution in [-0.2, 0) is 7.05 Å². The van der Waals surface area contributed by atoms with Gasteiger partial charge in [0.15, 0.2) is 5.78 Å². The van der Waals surface area contributed by atoms with E-state index >= 15 is 0 Å². The molecule has 2 nitrogen and oxygen atoms in total. The van der Waals surface area contributed by atoms with Gasteiger partial charge in [0.05, 0.1) is 0 Å². The number of carbonyl (C=O) groups excluding carboxylic acids is 1. The van der Waals surface area contributed by atoms with Crippen molar-refractivity contribution in [3.05, 3.63) is 69.3 Å². The molecule has 0 unspecified atom stereocenters. The lowest BCUT2D eigenvalue weighted by atomic mass is 10.0. The molecule has 1 aromatic heterocycles. The zero-order valence-corrected chi connectivity index (χ0v) is 13.9. The molecular formula is C18H16BrNO. The number of nitrogens with zero attached hydrogens (tertiary/aromatic N) is 1. The lowest BCUT2D eigenvalue weighted by molar-refractivity contribution is 0.103. The van der Waals surface area contributed by atoms with E-state index in [1.807, 2.05) is 55.1 Å². The molecule has 0 spiro atoms. The summed E-state index contributed by atoms with van der Waals surface area (Å²) in [6.45, 7) is 4.07. The van der Waals surface area contributed by atoms with Crippen LogP contribution in [0.25, 0.3) is 10.9 Å². The zero-order chi connectivity index (χ0) is 15.1. The number of rotatable bonds is 2. The van der Waals surface area contributed by atoms with Crippen molar-refractivity contribution >= 4 is 32.6 Å². The third-order valence-corrected chi connectivity index (χ3v) is 4.42. The van der Waals surface area contributed by atoms with Gasteiger partial charge in [-0.2, -0.15) is 0 Å². The topological polar surface area (TPSA) is 22.0 Å². The van der Waals surface area contributed by atoms with Crippen LogP contribution >= 0.6 is 15.9 Å². The Morgan fingerprint density at radius 2 is 1.67 bits per heavy atom. The Labute approximate surface area is 132 Å². The van der Waals surface area contributed by atoms with E-state index in [1.54, 1.807) is 0 Å². The van der Waals surface area contributed by atoms with E-state index in [0.717, 1.165) is 26.5 Å². The molecule has 1 heterocycles. The van der Waals surface area contributed by atoms with Gasteiger partial charge < -0.3 is 4.57 Å². The van der Waals surface area contributed by atoms with Gasteiger partial charge in [-0.15, -0.1) is 0 Å². The first kappa shape index (κ1) is 14.1. The van der Waals surface area contributed by atoms with E-state index in [2.05, 4.69) is 28.9 Å². The lowest BCUT2D eigenvalue weighted by Gasteiger charge is -2.04. The molecule has 0 radical (unpaired) electrons. The van der Waals surface area contributed by atoms with Crippen LogP contribution in [0.1, 0.15) is 27.0 Å². The molecule has 2 aromatic carbocycles. The minimum absolute atomic E-state index is 0.0522. The summed E-state index contributed by atoms with van der Waals surface area (Å²) in [6, 6.07) is 12.0. The molecule has 0 atom stereocenters. The number of hydrogen-bond donors (Lipinski definition) is 0. The standard InChI is InChI=1S/C18H16BrNO/c1-11-5-7-14(16(19)8-11)18(21)15-10-20(3)17-9-12(2)4-6-13(15)17/h4-10H,1-3H3. The second-order valence-corrected chi connectivity index (χ2v) is 6.34. The predicted octanol–water partition coefficient (Wildman–Crippen LogP) is 4.79. The Bertz CT molecular complexity index is 861. The molecule has 21 heavy (non-hydrogen) atoms. The largest absolute Gasteiger partial charge is 0.350 e. The summed E-state index contributed by atoms with van der Waals surface area (Å²) in [5, 5.41) is 1.00. The summed E-state index contributed by atoms with van der Waals surface area (Å²) < 4.78 is 2.86. The quantitative estimate of drug-likeness (QED) is 0.614. The van der Waals surface area contributed by atoms with Crippen LogP contribution in [0.2, 0.25) is 0 Å². The van der Waals surface area contributed by atoms with Crippen molar-refractivity contribution in [1.29, 1.82) is 0 Å². The Morgan fingerprint density at radius 1 is 1.00 bits per heavy atom. The molecule has 106 valence electrons. The van der Waals surface area contributed by atoms with Crippen molar-refractivity contribution in [1.82, 2.24) is 4.57 Å². The Hall–Kier alpha value is -1.87. The number of aromatic nitrogens is 1. The van der Waals surface area contributed by atoms with Crippen molar-refractivity contribution in [3.8, 4) is 0 Å². The number of carbonyl (C=O) groups is 1. The average Bonchev–Trinajstić information content (AvgIpc) is 2.75. The maximum Gasteiger partial charge on any atom is 0.196 e. The Morgan fingerprint density at radius 3 is 2.38 bits per heavy atom. The van der Waals surface area contributed by atoms with Gasteiger partial charge in [0.2, 0.25) is 0 Å². The average molecular weight is 342 g/mol. The molecule has 3 aromatic rings. The van der Waals surface area contributed by atoms with Crippen molar-refractivity contribution in [3.63, 3.8) is 0 Å². The van der Waals surface area contributed by atoms with E-state index in [-0.39, 0.29) is 5.78 Å². The van der Waals surface area contributed by atoms with Crippen LogP contribution < -0.4 is 0 Å². The van der Waals surface area contributed by atoms with E-state index in [9.17, 15) is 4.79 Å². The number of ketones is 1. The van der Waals surface area contributed by atoms with Crippen molar-refractivity contribution in [2.45, 2.75) is 13.8 Å². The van der Waals surface area contributed by atoms with Crippen LogP contribution in [0, 0.1) is 13.8 Å². The van der Waals surface area contributed by atoms with E-state index in [1.165, 1.54) is 5.56 Å². The number of halogens is 1. The summed E-state index contributed by atoms with van der Waals surface area (Å²) in [5.74, 6) is 0.0522. The molecular weight excluding hydrogens is 326 g/mol. The zero-order valence-electron chi connectivity index (χ0n) is 12.3. The molecule has 0 bridgehead atoms. The SMILES string of the molecule is Cc1ccc(C(=O)c2cn(C)c3cc(C)ccc23)c(Br)c1. The summed E-state index contributed by atoms with van der Waals surface area (Å²) in [5.41, 5.74) is 4.86. The molecule has 0 N–H and O–H groups in total. The first-order valence-corrected chi connectivity index (χ1v) is 7.63. The van der Waals surface area contributed by atoms with Gasteiger partial charge in [-0.1, -0.05) is 34.1 Å². The highest BCUT2D eigenvalue weighted by Gasteiger charge is 2.17. The van der Waals surface area contributed by atoms with Crippen LogP contribution in [0.4, 0.5) is 0 Å². The van der Waals surface area contributed by atoms with Gasteiger partial charge in [-0.25, -0.2) is 0 Å². The molecule has 0 aliphatic rings. The third-order valence-electron chi connectivity index (χ3n) is 3.76. The van der Waals surface area contributed by atoms with Gasteiger partial charge in [-0.05, 0) is 43.2 Å². The Kier molecular flexibility index (Phi) is 3.46. The minimum Gasteiger partial charge on any atom is -0.350 e. The van der Waals surface area contributed by atoms with Gasteiger partial charge in [0, 0.05) is 39.7 Å². The fourth-order valence-corrected chi connectivity index (χ4v) is 3.30. The van der Waals surface area contributed by atoms with Gasteiger partial charge >= 0.3 is 0 Å². The highest BCUT2D eigenvalue weighted by atomic mass is 79.9. The van der Waals surface area contributed by atoms with Crippen LogP contribution in [0.15, 0.2) is 47.1 Å². The highest BCUT2D eigenvalue weighted by Crippen LogP contribution is 2.27. The molecule has 0 aliphatic heterocycles. The monoisotopic (exact) mass is 341 g/mol. The lowest BCUT2D eigenvalue weighted by Crippen LogP contribution is -2.02. The molecule has 0 saturated carbocycles. The Balaban J connectivity index is 2.18. The van der Waals surface area contributed by atoms with Gasteiger partial charge in [0.25, 0.3) is 0 Å². The normalized spacial score (nSPS) is 11.0. The highest BCUT2D eigenvalue weighted by molar-refractivity contribution is 9.10. The van der Waals surface area contributed by atoms with E-state index < -0.39 is 0 Å². The van der Waals surface area contributed by atoms with Crippen molar-refractivity contribution < 1.29 is 4.79 Å². The van der Waals surface area contributed by atoms with Crippen LogP contribution in [-0.4, -0.2) is 10.4 Å². The fraction of sp³-hybridized carbons (Fsp3) is 0.167. The van der Waals surface area contributed by atoms with Crippen molar-refractivity contribution in [2.24, 2.45) is 7.05 Å². The molecule has 0 aliphatic carbocycles. The number of hydrogen-bond acceptors (Lipinski definition) is 1. The van der Waals surface area contributed by atoms with Crippen molar-refractivity contribution in [2.75, 3.05) is 0 Å². The summed E-state index contributed by atoms with van der Waals surface area (Å²) in [4.78, 5) is 12.8. The van der Waals surface area contributed by atoms with E-state index in [4.69, 9.17) is 0 Å². The maximum atomic E-state index is 12.8. The van der Waals surface area contributed by atoms with E-state index in [0.29, 0.717) is 5.56 Å². The number of aryl methyl sites for hydroxylation is 3. The maximum absolute atomic E-state index is 12.8. The number of fused-ring (bicyclic) bond motifs is 1. The molecule has 3 rings (SSSR count).